The first-order valence-corrected chi connectivity index (χ1v) is 10.7. The van der Waals surface area contributed by atoms with Gasteiger partial charge in [0.25, 0.3) is 5.12 Å². The van der Waals surface area contributed by atoms with Crippen LogP contribution < -0.4 is 0 Å². The molecule has 0 spiro atoms. The van der Waals surface area contributed by atoms with Crippen molar-refractivity contribution >= 4 is 15.8 Å². The number of aliphatic hydroxyl groups is 2. The number of nitrogens with zero attached hydrogens (tertiary/aromatic N) is 3. The lowest BCUT2D eigenvalue weighted by Crippen LogP contribution is -2.53. The van der Waals surface area contributed by atoms with E-state index in [0.717, 1.165) is 11.0 Å². The van der Waals surface area contributed by atoms with Gasteiger partial charge in [-0.05, 0) is 42.7 Å². The fraction of sp³-hybridized carbons (Fsp3) is 0.500. The molecule has 1 aromatic heterocycles. The number of ether oxygens (including phenoxy) is 1. The van der Waals surface area contributed by atoms with Crippen molar-refractivity contribution in [2.45, 2.75) is 48.8 Å². The standard InChI is InChI=1S/C18H23N3O7S/c1-13-6-2-3-8-16(13)29(26,27)18(22,23)14(15-7-4-5-11-28-15)12-20-10-9-19-17(20)21(24)25/h2-3,6,8-10,14-15,22-23H,4-5,7,11-12H2,1H3. The molecule has 1 aromatic carbocycles. The van der Waals surface area contributed by atoms with Gasteiger partial charge in [-0.25, -0.2) is 13.0 Å². The van der Waals surface area contributed by atoms with E-state index < -0.39 is 37.8 Å². The number of rotatable bonds is 7. The molecule has 2 atom stereocenters. The third-order valence-corrected chi connectivity index (χ3v) is 7.31. The van der Waals surface area contributed by atoms with Crippen molar-refractivity contribution in [2.75, 3.05) is 6.61 Å². The second kappa shape index (κ2) is 8.19. The normalized spacial score (nSPS) is 19.1. The Labute approximate surface area is 167 Å². The van der Waals surface area contributed by atoms with Gasteiger partial charge in [0.2, 0.25) is 9.84 Å². The number of nitro groups is 1. The minimum absolute atomic E-state index is 0.217. The highest BCUT2D eigenvalue weighted by Crippen LogP contribution is 2.37. The van der Waals surface area contributed by atoms with Gasteiger partial charge >= 0.3 is 5.95 Å². The molecule has 29 heavy (non-hydrogen) atoms. The first kappa shape index (κ1) is 21.4. The highest BCUT2D eigenvalue weighted by atomic mass is 32.2. The lowest BCUT2D eigenvalue weighted by Gasteiger charge is -2.37. The summed E-state index contributed by atoms with van der Waals surface area (Å²) in [4.78, 5) is 13.9. The Morgan fingerprint density at radius 1 is 1.38 bits per heavy atom. The smallest absolute Gasteiger partial charge is 0.390 e. The van der Waals surface area contributed by atoms with E-state index in [4.69, 9.17) is 4.74 Å². The predicted molar refractivity (Wildman–Crippen MR) is 101 cm³/mol. The number of sulfone groups is 1. The largest absolute Gasteiger partial charge is 0.434 e. The number of aryl methyl sites for hydroxylation is 1. The molecule has 0 bridgehead atoms. The van der Waals surface area contributed by atoms with Gasteiger partial charge in [0.05, 0.1) is 23.5 Å². The van der Waals surface area contributed by atoms with Gasteiger partial charge < -0.3 is 25.1 Å². The molecule has 0 saturated carbocycles. The Morgan fingerprint density at radius 3 is 2.72 bits per heavy atom. The lowest BCUT2D eigenvalue weighted by molar-refractivity contribution is -0.397. The zero-order chi connectivity index (χ0) is 21.2. The van der Waals surface area contributed by atoms with Crippen LogP contribution in [0.5, 0.6) is 0 Å². The minimum atomic E-state index is -4.63. The molecule has 1 saturated heterocycles. The number of hydrogen-bond donors (Lipinski definition) is 2. The van der Waals surface area contributed by atoms with Gasteiger partial charge in [-0.1, -0.05) is 23.2 Å². The Morgan fingerprint density at radius 2 is 2.10 bits per heavy atom. The van der Waals surface area contributed by atoms with Crippen LogP contribution in [0.25, 0.3) is 0 Å². The van der Waals surface area contributed by atoms with Crippen LogP contribution in [-0.2, 0) is 21.1 Å². The molecule has 0 aliphatic carbocycles. The van der Waals surface area contributed by atoms with Crippen LogP contribution in [0, 0.1) is 23.0 Å². The fourth-order valence-corrected chi connectivity index (χ4v) is 5.31. The first-order valence-electron chi connectivity index (χ1n) is 9.18. The van der Waals surface area contributed by atoms with Gasteiger partial charge in [0, 0.05) is 6.61 Å². The van der Waals surface area contributed by atoms with E-state index in [-0.39, 0.29) is 11.4 Å². The summed E-state index contributed by atoms with van der Waals surface area (Å²) in [6.45, 7) is 1.53. The predicted octanol–water partition coefficient (Wildman–Crippen LogP) is 1.40. The summed E-state index contributed by atoms with van der Waals surface area (Å²) in [5.41, 5.74) is 0.358. The first-order chi connectivity index (χ1) is 13.7. The summed E-state index contributed by atoms with van der Waals surface area (Å²) < 4.78 is 33.1. The van der Waals surface area contributed by atoms with Crippen LogP contribution in [0.4, 0.5) is 5.95 Å². The number of hydrogen-bond acceptors (Lipinski definition) is 8. The van der Waals surface area contributed by atoms with Crippen molar-refractivity contribution in [1.29, 1.82) is 0 Å². The van der Waals surface area contributed by atoms with E-state index in [1.807, 2.05) is 0 Å². The molecular formula is C18H23N3O7S. The molecule has 2 aromatic rings. The molecule has 1 fully saturated rings. The van der Waals surface area contributed by atoms with Crippen molar-refractivity contribution in [3.05, 3.63) is 52.3 Å². The Hall–Kier alpha value is -2.34. The summed E-state index contributed by atoms with van der Waals surface area (Å²) >= 11 is 0. The zero-order valence-electron chi connectivity index (χ0n) is 15.8. The molecule has 2 N–H and O–H groups in total. The van der Waals surface area contributed by atoms with Crippen molar-refractivity contribution in [3.8, 4) is 0 Å². The molecule has 3 rings (SSSR count). The summed E-state index contributed by atoms with van der Waals surface area (Å²) in [6, 6.07) is 5.98. The maximum absolute atomic E-state index is 13.2. The molecule has 11 heteroatoms. The van der Waals surface area contributed by atoms with Crippen LogP contribution in [-0.4, -0.2) is 50.9 Å². The molecule has 10 nitrogen and oxygen atoms in total. The molecule has 1 aliphatic rings. The molecular weight excluding hydrogens is 402 g/mol. The zero-order valence-corrected chi connectivity index (χ0v) is 16.7. The Kier molecular flexibility index (Phi) is 6.03. The molecule has 1 aliphatic heterocycles. The van der Waals surface area contributed by atoms with Crippen molar-refractivity contribution in [3.63, 3.8) is 0 Å². The van der Waals surface area contributed by atoms with Crippen LogP contribution in [0.3, 0.4) is 0 Å². The van der Waals surface area contributed by atoms with E-state index in [1.54, 1.807) is 19.1 Å². The van der Waals surface area contributed by atoms with E-state index in [1.165, 1.54) is 24.5 Å². The van der Waals surface area contributed by atoms with Crippen LogP contribution >= 0.6 is 0 Å². The van der Waals surface area contributed by atoms with Crippen molar-refractivity contribution < 1.29 is 28.3 Å². The second-order valence-electron chi connectivity index (χ2n) is 7.08. The molecule has 2 unspecified atom stereocenters. The van der Waals surface area contributed by atoms with Gasteiger partial charge in [0.1, 0.15) is 12.4 Å². The van der Waals surface area contributed by atoms with E-state index in [2.05, 4.69) is 4.98 Å². The van der Waals surface area contributed by atoms with E-state index in [0.29, 0.717) is 25.0 Å². The average molecular weight is 425 g/mol. The van der Waals surface area contributed by atoms with Crippen molar-refractivity contribution in [1.82, 2.24) is 9.55 Å². The summed E-state index contributed by atoms with van der Waals surface area (Å²) in [6.07, 6.45) is 3.57. The molecule has 2 heterocycles. The SMILES string of the molecule is Cc1ccccc1S(=O)(=O)C(O)(O)C(Cn1ccnc1[N+](=O)[O-])C1CCCCO1. The average Bonchev–Trinajstić information content (AvgIpc) is 3.15. The van der Waals surface area contributed by atoms with Crippen LogP contribution in [0.2, 0.25) is 0 Å². The number of benzene rings is 1. The quantitative estimate of drug-likeness (QED) is 0.385. The van der Waals surface area contributed by atoms with E-state index in [9.17, 15) is 28.7 Å². The third-order valence-electron chi connectivity index (χ3n) is 5.18. The summed E-state index contributed by atoms with van der Waals surface area (Å²) in [7, 11) is -4.63. The highest BCUT2D eigenvalue weighted by molar-refractivity contribution is 7.92. The highest BCUT2D eigenvalue weighted by Gasteiger charge is 2.53. The second-order valence-corrected chi connectivity index (χ2v) is 9.12. The maximum atomic E-state index is 13.2. The van der Waals surface area contributed by atoms with Crippen LogP contribution in [0.15, 0.2) is 41.6 Å². The molecule has 0 radical (unpaired) electrons. The lowest BCUT2D eigenvalue weighted by atomic mass is 9.94. The van der Waals surface area contributed by atoms with Gasteiger partial charge in [-0.15, -0.1) is 0 Å². The van der Waals surface area contributed by atoms with Crippen molar-refractivity contribution in [2.24, 2.45) is 5.92 Å². The topological polar surface area (TPSA) is 145 Å². The van der Waals surface area contributed by atoms with Gasteiger partial charge in [-0.3, -0.25) is 0 Å². The van der Waals surface area contributed by atoms with Crippen LogP contribution in [0.1, 0.15) is 24.8 Å². The van der Waals surface area contributed by atoms with E-state index >= 15 is 0 Å². The summed E-state index contributed by atoms with van der Waals surface area (Å²) in [5.74, 6) is -1.89. The monoisotopic (exact) mass is 425 g/mol. The molecule has 158 valence electrons. The third kappa shape index (κ3) is 4.04. The van der Waals surface area contributed by atoms with Gasteiger partial charge in [-0.2, -0.15) is 0 Å². The minimum Gasteiger partial charge on any atom is -0.390 e. The maximum Gasteiger partial charge on any atom is 0.434 e. The fourth-order valence-electron chi connectivity index (χ4n) is 3.61. The number of imidazole rings is 1. The Bertz CT molecular complexity index is 981. The van der Waals surface area contributed by atoms with Gasteiger partial charge in [0.15, 0.2) is 0 Å². The summed E-state index contributed by atoms with van der Waals surface area (Å²) in [5, 5.41) is 29.9. The Balaban J connectivity index is 2.05. The molecule has 0 amide bonds. The number of aromatic nitrogens is 2.